The predicted molar refractivity (Wildman–Crippen MR) is 127 cm³/mol. The molecular formula is C23H40N6O5. The second kappa shape index (κ2) is 13.7. The maximum Gasteiger partial charge on any atom is 0.326 e. The largest absolute Gasteiger partial charge is 0.480 e. The van der Waals surface area contributed by atoms with Crippen molar-refractivity contribution in [2.45, 2.75) is 85.0 Å². The quantitative estimate of drug-likeness (QED) is 0.225. The van der Waals surface area contributed by atoms with Crippen molar-refractivity contribution in [3.63, 3.8) is 0 Å². The van der Waals surface area contributed by atoms with E-state index in [4.69, 9.17) is 5.73 Å². The zero-order valence-electron chi connectivity index (χ0n) is 20.9. The molecule has 7 N–H and O–H groups in total. The van der Waals surface area contributed by atoms with Crippen molar-refractivity contribution in [2.24, 2.45) is 23.5 Å². The van der Waals surface area contributed by atoms with E-state index in [2.05, 4.69) is 25.9 Å². The van der Waals surface area contributed by atoms with Crippen LogP contribution in [0.3, 0.4) is 0 Å². The SMILES string of the molecule is CCC(C)C(NC(=O)C(Cc1cnc[nH]1)NC(=O)C(N)CC(C)C)C(=O)NC(C(=O)O)C(C)C. The zero-order chi connectivity index (χ0) is 26.0. The number of carboxylic acid groups (broad SMARTS) is 1. The number of nitrogens with one attached hydrogen (secondary N) is 4. The van der Waals surface area contributed by atoms with Gasteiger partial charge in [0.05, 0.1) is 12.4 Å². The molecule has 0 saturated heterocycles. The first-order valence-corrected chi connectivity index (χ1v) is 11.7. The highest BCUT2D eigenvalue weighted by Crippen LogP contribution is 2.12. The molecule has 0 aliphatic carbocycles. The highest BCUT2D eigenvalue weighted by Gasteiger charge is 2.33. The Balaban J connectivity index is 3.08. The molecule has 3 amide bonds. The van der Waals surface area contributed by atoms with E-state index in [0.717, 1.165) is 0 Å². The summed E-state index contributed by atoms with van der Waals surface area (Å²) in [6, 6.07) is -3.87. The van der Waals surface area contributed by atoms with Crippen molar-refractivity contribution < 1.29 is 24.3 Å². The summed E-state index contributed by atoms with van der Waals surface area (Å²) in [6.07, 6.45) is 4.14. The molecule has 0 saturated carbocycles. The van der Waals surface area contributed by atoms with Crippen LogP contribution >= 0.6 is 0 Å². The number of nitrogens with two attached hydrogens (primary N) is 1. The molecular weight excluding hydrogens is 440 g/mol. The fourth-order valence-electron chi connectivity index (χ4n) is 3.43. The minimum absolute atomic E-state index is 0.116. The standard InChI is InChI=1S/C23H40N6O5/c1-7-14(6)19(22(32)28-18(13(4)5)23(33)34)29-21(31)17(9-15-10-25-11-26-15)27-20(30)16(24)8-12(2)3/h10-14,16-19H,7-9,24H2,1-6H3,(H,25,26)(H,27,30)(H,28,32)(H,29,31)(H,33,34). The predicted octanol–water partition coefficient (Wildman–Crippen LogP) is 0.567. The van der Waals surface area contributed by atoms with Gasteiger partial charge in [0.2, 0.25) is 17.7 Å². The Bertz CT molecular complexity index is 811. The second-order valence-corrected chi connectivity index (χ2v) is 9.52. The number of imidazole rings is 1. The first-order chi connectivity index (χ1) is 15.9. The lowest BCUT2D eigenvalue weighted by molar-refractivity contribution is -0.144. The number of H-pyrrole nitrogens is 1. The molecule has 1 aromatic rings. The lowest BCUT2D eigenvalue weighted by Crippen LogP contribution is -2.59. The smallest absolute Gasteiger partial charge is 0.326 e. The van der Waals surface area contributed by atoms with Crippen LogP contribution in [0.5, 0.6) is 0 Å². The van der Waals surface area contributed by atoms with Crippen molar-refractivity contribution >= 4 is 23.7 Å². The highest BCUT2D eigenvalue weighted by atomic mass is 16.4. The van der Waals surface area contributed by atoms with Crippen LogP contribution in [0.1, 0.15) is 60.1 Å². The maximum absolute atomic E-state index is 13.2. The van der Waals surface area contributed by atoms with Crippen molar-refractivity contribution in [1.29, 1.82) is 0 Å². The summed E-state index contributed by atoms with van der Waals surface area (Å²) >= 11 is 0. The third-order valence-corrected chi connectivity index (χ3v) is 5.70. The number of aliphatic carboxylic acids is 1. The fraction of sp³-hybridized carbons (Fsp3) is 0.696. The number of carbonyl (C=O) groups excluding carboxylic acids is 3. The van der Waals surface area contributed by atoms with E-state index in [1.165, 1.54) is 6.33 Å². The Morgan fingerprint density at radius 1 is 1.00 bits per heavy atom. The van der Waals surface area contributed by atoms with Crippen LogP contribution in [0.25, 0.3) is 0 Å². The van der Waals surface area contributed by atoms with Gasteiger partial charge in [0.25, 0.3) is 0 Å². The van der Waals surface area contributed by atoms with Crippen LogP contribution in [0.4, 0.5) is 0 Å². The Kier molecular flexibility index (Phi) is 11.7. The molecule has 11 nitrogen and oxygen atoms in total. The van der Waals surface area contributed by atoms with E-state index in [-0.39, 0.29) is 24.2 Å². The molecule has 0 fully saturated rings. The zero-order valence-corrected chi connectivity index (χ0v) is 20.9. The van der Waals surface area contributed by atoms with Gasteiger partial charge in [-0.1, -0.05) is 48.0 Å². The van der Waals surface area contributed by atoms with Gasteiger partial charge < -0.3 is 31.8 Å². The topological polar surface area (TPSA) is 179 Å². The molecule has 1 aromatic heterocycles. The van der Waals surface area contributed by atoms with E-state index in [1.54, 1.807) is 27.0 Å². The normalized spacial score (nSPS) is 15.8. The summed E-state index contributed by atoms with van der Waals surface area (Å²) in [7, 11) is 0. The van der Waals surface area contributed by atoms with E-state index < -0.39 is 47.9 Å². The third-order valence-electron chi connectivity index (χ3n) is 5.70. The molecule has 5 atom stereocenters. The highest BCUT2D eigenvalue weighted by molar-refractivity contribution is 5.94. The van der Waals surface area contributed by atoms with Crippen LogP contribution < -0.4 is 21.7 Å². The van der Waals surface area contributed by atoms with Gasteiger partial charge in [0, 0.05) is 18.3 Å². The summed E-state index contributed by atoms with van der Waals surface area (Å²) < 4.78 is 0. The van der Waals surface area contributed by atoms with Crippen molar-refractivity contribution in [3.05, 3.63) is 18.2 Å². The van der Waals surface area contributed by atoms with Crippen molar-refractivity contribution in [3.8, 4) is 0 Å². The minimum atomic E-state index is -1.15. The number of carboxylic acids is 1. The second-order valence-electron chi connectivity index (χ2n) is 9.52. The summed E-state index contributed by atoms with van der Waals surface area (Å²) in [4.78, 5) is 57.2. The molecule has 0 aliphatic heterocycles. The van der Waals surface area contributed by atoms with Crippen LogP contribution in [0.2, 0.25) is 0 Å². The van der Waals surface area contributed by atoms with Crippen molar-refractivity contribution in [2.75, 3.05) is 0 Å². The first kappa shape index (κ1) is 29.1. The van der Waals surface area contributed by atoms with Crippen LogP contribution in [-0.2, 0) is 25.6 Å². The first-order valence-electron chi connectivity index (χ1n) is 11.7. The molecule has 192 valence electrons. The lowest BCUT2D eigenvalue weighted by Gasteiger charge is -2.28. The van der Waals surface area contributed by atoms with Gasteiger partial charge in [-0.2, -0.15) is 0 Å². The molecule has 0 aliphatic rings. The van der Waals surface area contributed by atoms with E-state index in [9.17, 15) is 24.3 Å². The number of aromatic amines is 1. The van der Waals surface area contributed by atoms with Gasteiger partial charge in [0.1, 0.15) is 18.1 Å². The molecule has 0 aromatic carbocycles. The number of aromatic nitrogens is 2. The van der Waals surface area contributed by atoms with E-state index in [1.807, 2.05) is 20.8 Å². The number of hydrogen-bond acceptors (Lipinski definition) is 6. The van der Waals surface area contributed by atoms with Gasteiger partial charge in [0.15, 0.2) is 0 Å². The lowest BCUT2D eigenvalue weighted by atomic mass is 9.96. The Morgan fingerprint density at radius 2 is 1.62 bits per heavy atom. The maximum atomic E-state index is 13.2. The monoisotopic (exact) mass is 480 g/mol. The summed E-state index contributed by atoms with van der Waals surface area (Å²) in [5, 5.41) is 17.4. The molecule has 0 spiro atoms. The fourth-order valence-corrected chi connectivity index (χ4v) is 3.43. The number of carbonyl (C=O) groups is 4. The Morgan fingerprint density at radius 3 is 2.09 bits per heavy atom. The third kappa shape index (κ3) is 9.12. The molecule has 1 heterocycles. The molecule has 34 heavy (non-hydrogen) atoms. The molecule has 1 rings (SSSR count). The van der Waals surface area contributed by atoms with Crippen LogP contribution in [0, 0.1) is 17.8 Å². The summed E-state index contributed by atoms with van der Waals surface area (Å²) in [5.41, 5.74) is 6.61. The van der Waals surface area contributed by atoms with Crippen LogP contribution in [0.15, 0.2) is 12.5 Å². The molecule has 5 unspecified atom stereocenters. The van der Waals surface area contributed by atoms with Gasteiger partial charge in [-0.15, -0.1) is 0 Å². The average Bonchev–Trinajstić information content (AvgIpc) is 3.26. The summed E-state index contributed by atoms with van der Waals surface area (Å²) in [6.45, 7) is 10.9. The van der Waals surface area contributed by atoms with Gasteiger partial charge >= 0.3 is 5.97 Å². The summed E-state index contributed by atoms with van der Waals surface area (Å²) in [5.74, 6) is -3.21. The molecule has 0 radical (unpaired) electrons. The Hall–Kier alpha value is -2.95. The Labute approximate surface area is 201 Å². The van der Waals surface area contributed by atoms with Crippen molar-refractivity contribution in [1.82, 2.24) is 25.9 Å². The molecule has 11 heteroatoms. The number of hydrogen-bond donors (Lipinski definition) is 6. The van der Waals surface area contributed by atoms with Gasteiger partial charge in [-0.25, -0.2) is 9.78 Å². The minimum Gasteiger partial charge on any atom is -0.480 e. The number of amides is 3. The van der Waals surface area contributed by atoms with Gasteiger partial charge in [-0.05, 0) is 24.2 Å². The van der Waals surface area contributed by atoms with Crippen LogP contribution in [-0.4, -0.2) is 62.9 Å². The molecule has 0 bridgehead atoms. The number of rotatable bonds is 14. The van der Waals surface area contributed by atoms with Gasteiger partial charge in [-0.3, -0.25) is 14.4 Å². The number of nitrogens with zero attached hydrogens (tertiary/aromatic N) is 1. The van der Waals surface area contributed by atoms with E-state index in [0.29, 0.717) is 18.5 Å². The average molecular weight is 481 g/mol. The van der Waals surface area contributed by atoms with E-state index >= 15 is 0 Å².